The van der Waals surface area contributed by atoms with Crippen molar-refractivity contribution in [3.8, 4) is 0 Å². The van der Waals surface area contributed by atoms with Crippen LogP contribution in [0.3, 0.4) is 0 Å². The SMILES string of the molecule is Cc1cc(N)ccc1S(=O)(=O)CCOCC(C)C. The number of anilines is 1. The summed E-state index contributed by atoms with van der Waals surface area (Å²) in [6.45, 7) is 6.61. The van der Waals surface area contributed by atoms with Gasteiger partial charge in [0.25, 0.3) is 0 Å². The Morgan fingerprint density at radius 3 is 2.56 bits per heavy atom. The first-order valence-corrected chi connectivity index (χ1v) is 7.65. The predicted octanol–water partition coefficient (Wildman–Crippen LogP) is 2.02. The molecule has 0 radical (unpaired) electrons. The van der Waals surface area contributed by atoms with Gasteiger partial charge in [-0.3, -0.25) is 0 Å². The van der Waals surface area contributed by atoms with Crippen LogP contribution in [0.25, 0.3) is 0 Å². The third-order valence-corrected chi connectivity index (χ3v) is 4.31. The van der Waals surface area contributed by atoms with Gasteiger partial charge in [-0.15, -0.1) is 0 Å². The van der Waals surface area contributed by atoms with Crippen LogP contribution in [0.5, 0.6) is 0 Å². The molecule has 0 bridgehead atoms. The molecule has 0 spiro atoms. The average Bonchev–Trinajstić information content (AvgIpc) is 2.23. The van der Waals surface area contributed by atoms with E-state index in [0.29, 0.717) is 28.7 Å². The van der Waals surface area contributed by atoms with Crippen molar-refractivity contribution < 1.29 is 13.2 Å². The van der Waals surface area contributed by atoms with Crippen molar-refractivity contribution in [1.82, 2.24) is 0 Å². The number of nitrogens with two attached hydrogens (primary N) is 1. The second kappa shape index (κ2) is 6.20. The van der Waals surface area contributed by atoms with Gasteiger partial charge in [-0.1, -0.05) is 13.8 Å². The molecule has 102 valence electrons. The van der Waals surface area contributed by atoms with E-state index >= 15 is 0 Å². The zero-order valence-electron chi connectivity index (χ0n) is 11.1. The van der Waals surface area contributed by atoms with E-state index in [1.807, 2.05) is 13.8 Å². The van der Waals surface area contributed by atoms with Crippen molar-refractivity contribution in [2.45, 2.75) is 25.7 Å². The maximum absolute atomic E-state index is 12.1. The number of rotatable bonds is 6. The zero-order chi connectivity index (χ0) is 13.8. The van der Waals surface area contributed by atoms with Crippen LogP contribution in [-0.2, 0) is 14.6 Å². The highest BCUT2D eigenvalue weighted by Gasteiger charge is 2.16. The smallest absolute Gasteiger partial charge is 0.180 e. The largest absolute Gasteiger partial charge is 0.399 e. The van der Waals surface area contributed by atoms with Gasteiger partial charge in [0, 0.05) is 12.3 Å². The molecule has 0 aromatic heterocycles. The molecule has 0 aliphatic rings. The Hall–Kier alpha value is -1.07. The van der Waals surface area contributed by atoms with Crippen molar-refractivity contribution in [1.29, 1.82) is 0 Å². The Kier molecular flexibility index (Phi) is 5.16. The van der Waals surface area contributed by atoms with E-state index < -0.39 is 9.84 Å². The van der Waals surface area contributed by atoms with Crippen LogP contribution in [0, 0.1) is 12.8 Å². The Morgan fingerprint density at radius 1 is 1.33 bits per heavy atom. The predicted molar refractivity (Wildman–Crippen MR) is 73.3 cm³/mol. The van der Waals surface area contributed by atoms with E-state index in [9.17, 15) is 8.42 Å². The van der Waals surface area contributed by atoms with Gasteiger partial charge in [-0.05, 0) is 36.6 Å². The molecule has 1 aromatic carbocycles. The number of aryl methyl sites for hydroxylation is 1. The standard InChI is InChI=1S/C13H21NO3S/c1-10(2)9-17-6-7-18(15,16)13-5-4-12(14)8-11(13)3/h4-5,8,10H,6-7,9,14H2,1-3H3. The highest BCUT2D eigenvalue weighted by atomic mass is 32.2. The lowest BCUT2D eigenvalue weighted by Crippen LogP contribution is -2.15. The Balaban J connectivity index is 2.69. The fraction of sp³-hybridized carbons (Fsp3) is 0.538. The number of ether oxygens (including phenoxy) is 1. The molecular weight excluding hydrogens is 250 g/mol. The van der Waals surface area contributed by atoms with E-state index in [1.165, 1.54) is 0 Å². The highest BCUT2D eigenvalue weighted by Crippen LogP contribution is 2.19. The quantitative estimate of drug-likeness (QED) is 0.635. The Labute approximate surface area is 109 Å². The summed E-state index contributed by atoms with van der Waals surface area (Å²) in [4.78, 5) is 0.338. The molecule has 4 nitrogen and oxygen atoms in total. The summed E-state index contributed by atoms with van der Waals surface area (Å²) < 4.78 is 29.5. The summed E-state index contributed by atoms with van der Waals surface area (Å²) in [5, 5.41) is 0. The topological polar surface area (TPSA) is 69.4 Å². The maximum Gasteiger partial charge on any atom is 0.180 e. The second-order valence-electron chi connectivity index (χ2n) is 4.81. The average molecular weight is 271 g/mol. The minimum absolute atomic E-state index is 0.00444. The van der Waals surface area contributed by atoms with Crippen molar-refractivity contribution in [3.05, 3.63) is 23.8 Å². The second-order valence-corrected chi connectivity index (χ2v) is 6.89. The van der Waals surface area contributed by atoms with Crippen molar-refractivity contribution in [2.75, 3.05) is 24.7 Å². The summed E-state index contributed by atoms with van der Waals surface area (Å²) in [5.41, 5.74) is 6.86. The minimum atomic E-state index is -3.29. The molecule has 1 aromatic rings. The molecule has 0 saturated carbocycles. The molecule has 0 atom stereocenters. The zero-order valence-corrected chi connectivity index (χ0v) is 12.0. The van der Waals surface area contributed by atoms with Gasteiger partial charge in [0.05, 0.1) is 17.3 Å². The van der Waals surface area contributed by atoms with Crippen LogP contribution in [0.4, 0.5) is 5.69 Å². The normalized spacial score (nSPS) is 12.0. The molecule has 0 heterocycles. The van der Waals surface area contributed by atoms with E-state index in [0.717, 1.165) is 0 Å². The van der Waals surface area contributed by atoms with Crippen LogP contribution in [-0.4, -0.2) is 27.4 Å². The monoisotopic (exact) mass is 271 g/mol. The fourth-order valence-corrected chi connectivity index (χ4v) is 3.00. The first-order chi connectivity index (χ1) is 8.33. The first kappa shape index (κ1) is 15.0. The summed E-state index contributed by atoms with van der Waals surface area (Å²) >= 11 is 0. The number of hydrogen-bond donors (Lipinski definition) is 1. The lowest BCUT2D eigenvalue weighted by atomic mass is 10.2. The number of hydrogen-bond acceptors (Lipinski definition) is 4. The first-order valence-electron chi connectivity index (χ1n) is 5.99. The molecule has 18 heavy (non-hydrogen) atoms. The maximum atomic E-state index is 12.1. The summed E-state index contributed by atoms with van der Waals surface area (Å²) in [6, 6.07) is 4.83. The molecule has 1 rings (SSSR count). The Bertz CT molecular complexity index is 495. The van der Waals surface area contributed by atoms with Crippen LogP contribution in [0.1, 0.15) is 19.4 Å². The summed E-state index contributed by atoms with van der Waals surface area (Å²) in [6.07, 6.45) is 0. The van der Waals surface area contributed by atoms with Gasteiger partial charge in [-0.25, -0.2) is 8.42 Å². The molecular formula is C13H21NO3S. The molecule has 0 saturated heterocycles. The number of nitrogen functional groups attached to an aromatic ring is 1. The van der Waals surface area contributed by atoms with Gasteiger partial charge >= 0.3 is 0 Å². The molecule has 5 heteroatoms. The van der Waals surface area contributed by atoms with Gasteiger partial charge in [0.2, 0.25) is 0 Å². The van der Waals surface area contributed by atoms with Crippen molar-refractivity contribution >= 4 is 15.5 Å². The molecule has 0 aliphatic carbocycles. The van der Waals surface area contributed by atoms with E-state index in [2.05, 4.69) is 0 Å². The lowest BCUT2D eigenvalue weighted by molar-refractivity contribution is 0.123. The van der Waals surface area contributed by atoms with Crippen LogP contribution < -0.4 is 5.73 Å². The lowest BCUT2D eigenvalue weighted by Gasteiger charge is -2.10. The van der Waals surface area contributed by atoms with E-state index in [1.54, 1.807) is 25.1 Å². The van der Waals surface area contributed by atoms with Crippen LogP contribution >= 0.6 is 0 Å². The van der Waals surface area contributed by atoms with Gasteiger partial charge in [0.15, 0.2) is 9.84 Å². The third-order valence-electron chi connectivity index (χ3n) is 2.48. The minimum Gasteiger partial charge on any atom is -0.399 e. The third kappa shape index (κ3) is 4.31. The van der Waals surface area contributed by atoms with E-state index in [4.69, 9.17) is 10.5 Å². The fourth-order valence-electron chi connectivity index (χ4n) is 1.62. The summed E-state index contributed by atoms with van der Waals surface area (Å²) in [7, 11) is -3.29. The van der Waals surface area contributed by atoms with Gasteiger partial charge < -0.3 is 10.5 Å². The van der Waals surface area contributed by atoms with E-state index in [-0.39, 0.29) is 12.4 Å². The molecule has 0 amide bonds. The molecule has 0 fully saturated rings. The highest BCUT2D eigenvalue weighted by molar-refractivity contribution is 7.91. The van der Waals surface area contributed by atoms with Crippen molar-refractivity contribution in [2.24, 2.45) is 5.92 Å². The van der Waals surface area contributed by atoms with Gasteiger partial charge in [-0.2, -0.15) is 0 Å². The Morgan fingerprint density at radius 2 is 2.00 bits per heavy atom. The summed E-state index contributed by atoms with van der Waals surface area (Å²) in [5.74, 6) is 0.413. The number of sulfone groups is 1. The van der Waals surface area contributed by atoms with Crippen LogP contribution in [0.15, 0.2) is 23.1 Å². The number of benzene rings is 1. The molecule has 0 unspecified atom stereocenters. The molecule has 2 N–H and O–H groups in total. The molecule has 0 aliphatic heterocycles. The van der Waals surface area contributed by atoms with Crippen molar-refractivity contribution in [3.63, 3.8) is 0 Å². The van der Waals surface area contributed by atoms with Crippen LogP contribution in [0.2, 0.25) is 0 Å². The van der Waals surface area contributed by atoms with Gasteiger partial charge in [0.1, 0.15) is 0 Å².